The van der Waals surface area contributed by atoms with Gasteiger partial charge in [0.25, 0.3) is 0 Å². The first-order valence-corrected chi connectivity index (χ1v) is 5.20. The van der Waals surface area contributed by atoms with E-state index >= 15 is 0 Å². The summed E-state index contributed by atoms with van der Waals surface area (Å²) in [4.78, 5) is 22.6. The maximum absolute atomic E-state index is 10.7. The number of hydrogen-bond donors (Lipinski definition) is 1. The molecule has 82 valence electrons. The second-order valence-electron chi connectivity index (χ2n) is 2.95. The number of hydrogen-bond acceptors (Lipinski definition) is 5. The number of imidazole rings is 1. The smallest absolute Gasteiger partial charge is 0.354 e. The largest absolute Gasteiger partial charge is 0.477 e. The van der Waals surface area contributed by atoms with Crippen LogP contribution < -0.4 is 0 Å². The lowest BCUT2D eigenvalue weighted by Crippen LogP contribution is -2.02. The Balaban J connectivity index is 2.25. The first kappa shape index (κ1) is 10.6. The van der Waals surface area contributed by atoms with Gasteiger partial charge in [-0.25, -0.2) is 19.7 Å². The lowest BCUT2D eigenvalue weighted by Gasteiger charge is -2.00. The van der Waals surface area contributed by atoms with Gasteiger partial charge < -0.3 is 9.67 Å². The Morgan fingerprint density at radius 2 is 2.25 bits per heavy atom. The number of nitrogens with zero attached hydrogens (tertiary/aromatic N) is 4. The van der Waals surface area contributed by atoms with Crippen molar-refractivity contribution >= 4 is 17.7 Å². The standard InChI is InChI=1S/C9H8N4O2S/c1-13-5-4-11-9(13)16-8-10-3-2-6(12-8)7(14)15/h2-5H,1H3,(H,14,15). The van der Waals surface area contributed by atoms with Crippen molar-refractivity contribution in [3.05, 3.63) is 30.4 Å². The molecule has 0 unspecified atom stereocenters. The number of rotatable bonds is 3. The van der Waals surface area contributed by atoms with Crippen molar-refractivity contribution < 1.29 is 9.90 Å². The number of carbonyl (C=O) groups is 1. The van der Waals surface area contributed by atoms with Crippen LogP contribution in [0.25, 0.3) is 0 Å². The average molecular weight is 236 g/mol. The number of aromatic nitrogens is 4. The van der Waals surface area contributed by atoms with E-state index in [1.54, 1.807) is 12.4 Å². The molecule has 0 aliphatic carbocycles. The van der Waals surface area contributed by atoms with Crippen LogP contribution in [0.15, 0.2) is 35.0 Å². The molecule has 0 radical (unpaired) electrons. The van der Waals surface area contributed by atoms with E-state index in [-0.39, 0.29) is 5.69 Å². The van der Waals surface area contributed by atoms with E-state index in [4.69, 9.17) is 5.11 Å². The number of carboxylic acid groups (broad SMARTS) is 1. The summed E-state index contributed by atoms with van der Waals surface area (Å²) in [5, 5.41) is 9.85. The van der Waals surface area contributed by atoms with Crippen LogP contribution in [0.5, 0.6) is 0 Å². The molecule has 0 aliphatic rings. The number of carboxylic acids is 1. The second kappa shape index (κ2) is 4.31. The molecule has 2 heterocycles. The van der Waals surface area contributed by atoms with Crippen LogP contribution in [-0.4, -0.2) is 30.6 Å². The SMILES string of the molecule is Cn1ccnc1Sc1nccc(C(=O)O)n1. The number of aromatic carboxylic acids is 1. The molecule has 0 amide bonds. The second-order valence-corrected chi connectivity index (χ2v) is 3.89. The van der Waals surface area contributed by atoms with Crippen LogP contribution in [0.4, 0.5) is 0 Å². The fourth-order valence-corrected chi connectivity index (χ4v) is 1.78. The van der Waals surface area contributed by atoms with Crippen molar-refractivity contribution in [3.63, 3.8) is 0 Å². The van der Waals surface area contributed by atoms with Gasteiger partial charge in [0.1, 0.15) is 0 Å². The normalized spacial score (nSPS) is 10.3. The summed E-state index contributed by atoms with van der Waals surface area (Å²) in [5.74, 6) is -1.07. The van der Waals surface area contributed by atoms with Gasteiger partial charge in [-0.15, -0.1) is 0 Å². The Morgan fingerprint density at radius 3 is 2.88 bits per heavy atom. The van der Waals surface area contributed by atoms with Crippen molar-refractivity contribution in [2.24, 2.45) is 7.05 Å². The van der Waals surface area contributed by atoms with Crippen LogP contribution in [0, 0.1) is 0 Å². The predicted molar refractivity (Wildman–Crippen MR) is 56.3 cm³/mol. The summed E-state index contributed by atoms with van der Waals surface area (Å²) in [6, 6.07) is 1.35. The van der Waals surface area contributed by atoms with E-state index in [0.29, 0.717) is 10.3 Å². The third-order valence-electron chi connectivity index (χ3n) is 1.81. The highest BCUT2D eigenvalue weighted by molar-refractivity contribution is 7.99. The van der Waals surface area contributed by atoms with Crippen LogP contribution in [-0.2, 0) is 7.05 Å². The quantitative estimate of drug-likeness (QED) is 0.802. The molecule has 0 aromatic carbocycles. The summed E-state index contributed by atoms with van der Waals surface area (Å²) in [6.07, 6.45) is 4.87. The summed E-state index contributed by atoms with van der Waals surface area (Å²) in [6.45, 7) is 0. The highest BCUT2D eigenvalue weighted by Gasteiger charge is 2.09. The first-order chi connectivity index (χ1) is 7.66. The van der Waals surface area contributed by atoms with Gasteiger partial charge in [0.05, 0.1) is 0 Å². The van der Waals surface area contributed by atoms with Crippen LogP contribution in [0.1, 0.15) is 10.5 Å². The van der Waals surface area contributed by atoms with E-state index in [2.05, 4.69) is 15.0 Å². The van der Waals surface area contributed by atoms with E-state index in [1.165, 1.54) is 24.0 Å². The monoisotopic (exact) mass is 236 g/mol. The third kappa shape index (κ3) is 2.19. The van der Waals surface area contributed by atoms with Gasteiger partial charge in [0, 0.05) is 25.6 Å². The lowest BCUT2D eigenvalue weighted by atomic mass is 10.4. The molecular formula is C9H8N4O2S. The van der Waals surface area contributed by atoms with Gasteiger partial charge in [-0.05, 0) is 17.8 Å². The molecule has 0 fully saturated rings. The zero-order valence-electron chi connectivity index (χ0n) is 8.36. The minimum Gasteiger partial charge on any atom is -0.477 e. The van der Waals surface area contributed by atoms with Gasteiger partial charge in [-0.2, -0.15) is 0 Å². The maximum atomic E-state index is 10.7. The van der Waals surface area contributed by atoms with Crippen molar-refractivity contribution in [2.45, 2.75) is 10.3 Å². The average Bonchev–Trinajstić information content (AvgIpc) is 2.65. The van der Waals surface area contributed by atoms with Crippen LogP contribution in [0.3, 0.4) is 0 Å². The molecule has 6 nitrogen and oxygen atoms in total. The van der Waals surface area contributed by atoms with Gasteiger partial charge >= 0.3 is 5.97 Å². The molecule has 2 aromatic rings. The highest BCUT2D eigenvalue weighted by Crippen LogP contribution is 2.21. The van der Waals surface area contributed by atoms with E-state index in [9.17, 15) is 4.79 Å². The minimum absolute atomic E-state index is 0.0216. The Bertz CT molecular complexity index is 526. The molecule has 0 bridgehead atoms. The molecule has 0 aliphatic heterocycles. The summed E-state index contributed by atoms with van der Waals surface area (Å²) in [7, 11) is 1.84. The molecular weight excluding hydrogens is 228 g/mol. The summed E-state index contributed by atoms with van der Waals surface area (Å²) < 4.78 is 1.81. The Labute approximate surface area is 95.4 Å². The number of aryl methyl sites for hydroxylation is 1. The Hall–Kier alpha value is -1.89. The lowest BCUT2D eigenvalue weighted by molar-refractivity contribution is 0.0689. The zero-order valence-corrected chi connectivity index (χ0v) is 9.18. The summed E-state index contributed by atoms with van der Waals surface area (Å²) in [5.41, 5.74) is -0.0216. The zero-order chi connectivity index (χ0) is 11.5. The van der Waals surface area contributed by atoms with E-state index in [0.717, 1.165) is 0 Å². The van der Waals surface area contributed by atoms with Gasteiger partial charge in [0.15, 0.2) is 16.0 Å². The molecule has 16 heavy (non-hydrogen) atoms. The molecule has 0 spiro atoms. The van der Waals surface area contributed by atoms with Gasteiger partial charge in [0.2, 0.25) is 0 Å². The molecule has 0 atom stereocenters. The minimum atomic E-state index is -1.07. The third-order valence-corrected chi connectivity index (χ3v) is 2.77. The van der Waals surface area contributed by atoms with Crippen LogP contribution >= 0.6 is 11.8 Å². The van der Waals surface area contributed by atoms with Crippen LogP contribution in [0.2, 0.25) is 0 Å². The molecule has 2 rings (SSSR count). The molecule has 7 heteroatoms. The fraction of sp³-hybridized carbons (Fsp3) is 0.111. The molecule has 0 saturated carbocycles. The summed E-state index contributed by atoms with van der Waals surface area (Å²) >= 11 is 1.22. The highest BCUT2D eigenvalue weighted by atomic mass is 32.2. The molecule has 0 saturated heterocycles. The molecule has 2 aromatic heterocycles. The maximum Gasteiger partial charge on any atom is 0.354 e. The van der Waals surface area contributed by atoms with Crippen molar-refractivity contribution in [3.8, 4) is 0 Å². The van der Waals surface area contributed by atoms with E-state index in [1.807, 2.05) is 11.6 Å². The van der Waals surface area contributed by atoms with Crippen molar-refractivity contribution in [1.82, 2.24) is 19.5 Å². The Kier molecular flexibility index (Phi) is 2.86. The van der Waals surface area contributed by atoms with Crippen molar-refractivity contribution in [2.75, 3.05) is 0 Å². The fourth-order valence-electron chi connectivity index (χ4n) is 1.04. The van der Waals surface area contributed by atoms with E-state index < -0.39 is 5.97 Å². The Morgan fingerprint density at radius 1 is 1.44 bits per heavy atom. The van der Waals surface area contributed by atoms with Gasteiger partial charge in [-0.3, -0.25) is 0 Å². The molecule has 1 N–H and O–H groups in total. The topological polar surface area (TPSA) is 80.9 Å². The first-order valence-electron chi connectivity index (χ1n) is 4.38. The predicted octanol–water partition coefficient (Wildman–Crippen LogP) is 1.06. The van der Waals surface area contributed by atoms with Crippen molar-refractivity contribution in [1.29, 1.82) is 0 Å². The van der Waals surface area contributed by atoms with Gasteiger partial charge in [-0.1, -0.05) is 0 Å².